The van der Waals surface area contributed by atoms with Gasteiger partial charge in [-0.2, -0.15) is 0 Å². The lowest BCUT2D eigenvalue weighted by molar-refractivity contribution is -0.133. The van der Waals surface area contributed by atoms with E-state index < -0.39 is 5.60 Å². The Bertz CT molecular complexity index is 1420. The van der Waals surface area contributed by atoms with Crippen LogP contribution in [-0.2, 0) is 25.5 Å². The molecule has 2 aliphatic heterocycles. The Morgan fingerprint density at radius 3 is 2.36 bits per heavy atom. The molecule has 0 bridgehead atoms. The number of benzene rings is 1. The van der Waals surface area contributed by atoms with E-state index in [-0.39, 0.29) is 36.0 Å². The predicted octanol–water partition coefficient (Wildman–Crippen LogP) is 7.27. The van der Waals surface area contributed by atoms with Gasteiger partial charge in [-0.05, 0) is 117 Å². The number of ether oxygens (including phenoxy) is 3. The lowest BCUT2D eigenvalue weighted by atomic mass is 9.93. The van der Waals surface area contributed by atoms with Crippen LogP contribution >= 0.6 is 0 Å². The highest BCUT2D eigenvalue weighted by molar-refractivity contribution is 5.99. The van der Waals surface area contributed by atoms with Crippen LogP contribution in [0.3, 0.4) is 0 Å². The van der Waals surface area contributed by atoms with Gasteiger partial charge in [0.05, 0.1) is 6.04 Å². The Hall–Kier alpha value is -3.11. The van der Waals surface area contributed by atoms with E-state index in [1.54, 1.807) is 7.11 Å². The summed E-state index contributed by atoms with van der Waals surface area (Å²) in [5.41, 5.74) is 1.11. The molecule has 10 nitrogen and oxygen atoms in total. The quantitative estimate of drug-likeness (QED) is 0.182. The number of carbonyl (C=O) groups is 3. The van der Waals surface area contributed by atoms with Crippen molar-refractivity contribution in [3.05, 3.63) is 36.0 Å². The lowest BCUT2D eigenvalue weighted by Crippen LogP contribution is -2.57. The Labute approximate surface area is 299 Å². The number of fused-ring (bicyclic) bond motifs is 1. The zero-order valence-electron chi connectivity index (χ0n) is 31.5. The van der Waals surface area contributed by atoms with Crippen molar-refractivity contribution in [1.82, 2.24) is 19.3 Å². The third kappa shape index (κ3) is 10.0. The van der Waals surface area contributed by atoms with Gasteiger partial charge in [0.1, 0.15) is 11.3 Å². The summed E-state index contributed by atoms with van der Waals surface area (Å²) in [5.74, 6) is 0.687. The van der Waals surface area contributed by atoms with Crippen molar-refractivity contribution in [3.63, 3.8) is 0 Å². The fourth-order valence-electron chi connectivity index (χ4n) is 7.89. The van der Waals surface area contributed by atoms with Gasteiger partial charge in [0.2, 0.25) is 5.91 Å². The largest absolute Gasteiger partial charge is 0.444 e. The average Bonchev–Trinajstić information content (AvgIpc) is 3.85. The molecular formula is C40H62N4O6. The third-order valence-corrected chi connectivity index (χ3v) is 10.6. The van der Waals surface area contributed by atoms with E-state index >= 15 is 0 Å². The number of likely N-dealkylation sites (tertiary alicyclic amines) is 1. The summed E-state index contributed by atoms with van der Waals surface area (Å²) in [5, 5.41) is 1.05. The Kier molecular flexibility index (Phi) is 13.3. The van der Waals surface area contributed by atoms with Gasteiger partial charge in [-0.3, -0.25) is 9.59 Å². The number of hydrogen-bond acceptors (Lipinski definition) is 6. The van der Waals surface area contributed by atoms with Gasteiger partial charge in [-0.1, -0.05) is 18.2 Å². The van der Waals surface area contributed by atoms with Gasteiger partial charge in [-0.25, -0.2) is 4.79 Å². The van der Waals surface area contributed by atoms with Gasteiger partial charge in [0.15, 0.2) is 0 Å². The van der Waals surface area contributed by atoms with Crippen molar-refractivity contribution >= 4 is 28.8 Å². The molecule has 2 atom stereocenters. The van der Waals surface area contributed by atoms with Gasteiger partial charge in [0, 0.05) is 82.0 Å². The molecule has 3 fully saturated rings. The first-order valence-electron chi connectivity index (χ1n) is 19.2. The van der Waals surface area contributed by atoms with Crippen LogP contribution in [0.2, 0.25) is 0 Å². The number of aromatic nitrogens is 1. The van der Waals surface area contributed by atoms with Crippen molar-refractivity contribution in [1.29, 1.82) is 0 Å². The molecule has 50 heavy (non-hydrogen) atoms. The predicted molar refractivity (Wildman–Crippen MR) is 196 cm³/mol. The molecule has 0 spiro atoms. The monoisotopic (exact) mass is 694 g/mol. The maximum Gasteiger partial charge on any atom is 0.410 e. The van der Waals surface area contributed by atoms with Gasteiger partial charge >= 0.3 is 6.09 Å². The van der Waals surface area contributed by atoms with E-state index in [1.165, 1.54) is 0 Å². The first-order chi connectivity index (χ1) is 24.0. The summed E-state index contributed by atoms with van der Waals surface area (Å²) < 4.78 is 18.9. The van der Waals surface area contributed by atoms with Gasteiger partial charge < -0.3 is 33.5 Å². The highest BCUT2D eigenvalue weighted by Crippen LogP contribution is 2.32. The van der Waals surface area contributed by atoms with Crippen molar-refractivity contribution in [2.45, 2.75) is 142 Å². The topological polar surface area (TPSA) is 93.5 Å². The van der Waals surface area contributed by atoms with E-state index in [1.807, 2.05) is 48.8 Å². The number of unbranched alkanes of at least 4 members (excludes halogenated alkanes) is 1. The molecule has 278 valence electrons. The maximum atomic E-state index is 14.6. The molecule has 3 heterocycles. The highest BCUT2D eigenvalue weighted by atomic mass is 16.6. The molecule has 1 aromatic heterocycles. The van der Waals surface area contributed by atoms with E-state index in [0.717, 1.165) is 101 Å². The number of hydrogen-bond donors (Lipinski definition) is 0. The summed E-state index contributed by atoms with van der Waals surface area (Å²) in [6.45, 7) is 13.9. The second-order valence-electron chi connectivity index (χ2n) is 16.0. The normalized spacial score (nSPS) is 20.3. The van der Waals surface area contributed by atoms with Crippen LogP contribution in [-0.4, -0.2) is 107 Å². The van der Waals surface area contributed by atoms with Crippen LogP contribution < -0.4 is 0 Å². The molecule has 0 radical (unpaired) electrons. The minimum atomic E-state index is -0.634. The number of aryl methyl sites for hydroxylation is 1. The van der Waals surface area contributed by atoms with Crippen LogP contribution in [0.5, 0.6) is 0 Å². The SMILES string of the molecule is COCCCCn1c(C(=O)N(C(C)C)[C@@H]2CC[C@H](CCCN(C(=O)CC3CCOCC3)C3CC3)N(C(=O)OC(C)(C)C)C2)cc2ccccc21. The molecule has 3 aliphatic rings. The minimum absolute atomic E-state index is 0.00125. The van der Waals surface area contributed by atoms with Crippen molar-refractivity contribution < 1.29 is 28.6 Å². The molecule has 1 saturated carbocycles. The molecule has 1 aromatic carbocycles. The van der Waals surface area contributed by atoms with Crippen LogP contribution in [0.1, 0.15) is 116 Å². The summed E-state index contributed by atoms with van der Waals surface area (Å²) >= 11 is 0. The Balaban J connectivity index is 1.30. The molecule has 0 N–H and O–H groups in total. The fraction of sp³-hybridized carbons (Fsp3) is 0.725. The van der Waals surface area contributed by atoms with E-state index in [0.29, 0.717) is 37.2 Å². The average molecular weight is 695 g/mol. The number of para-hydroxylation sites is 1. The molecule has 5 rings (SSSR count). The van der Waals surface area contributed by atoms with Crippen molar-refractivity contribution in [3.8, 4) is 0 Å². The molecule has 1 aliphatic carbocycles. The first kappa shape index (κ1) is 38.1. The van der Waals surface area contributed by atoms with Crippen LogP contribution in [0.4, 0.5) is 4.79 Å². The molecule has 3 amide bonds. The smallest absolute Gasteiger partial charge is 0.410 e. The molecule has 2 saturated heterocycles. The molecule has 10 heteroatoms. The fourth-order valence-corrected chi connectivity index (χ4v) is 7.89. The van der Waals surface area contributed by atoms with Crippen molar-refractivity contribution in [2.75, 3.05) is 40.0 Å². The Morgan fingerprint density at radius 1 is 0.960 bits per heavy atom. The van der Waals surface area contributed by atoms with Crippen LogP contribution in [0.25, 0.3) is 10.9 Å². The van der Waals surface area contributed by atoms with Crippen LogP contribution in [0.15, 0.2) is 30.3 Å². The van der Waals surface area contributed by atoms with E-state index in [2.05, 4.69) is 35.4 Å². The van der Waals surface area contributed by atoms with Crippen molar-refractivity contribution in [2.24, 2.45) is 5.92 Å². The zero-order valence-corrected chi connectivity index (χ0v) is 31.5. The number of carbonyl (C=O) groups excluding carboxylic acids is 3. The molecular weight excluding hydrogens is 632 g/mol. The minimum Gasteiger partial charge on any atom is -0.444 e. The van der Waals surface area contributed by atoms with E-state index in [9.17, 15) is 14.4 Å². The Morgan fingerprint density at radius 2 is 1.68 bits per heavy atom. The van der Waals surface area contributed by atoms with Gasteiger partial charge in [-0.15, -0.1) is 0 Å². The highest BCUT2D eigenvalue weighted by Gasteiger charge is 2.40. The number of nitrogens with zero attached hydrogens (tertiary/aromatic N) is 4. The van der Waals surface area contributed by atoms with Gasteiger partial charge in [0.25, 0.3) is 5.91 Å². The zero-order chi connectivity index (χ0) is 35.8. The number of rotatable bonds is 15. The number of piperidine rings is 1. The standard InChI is InChI=1S/C40H62N4O6/c1-29(2)44(38(46)36-27-31-12-7-8-14-35(31)42(36)21-9-10-23-48-6)34-18-17-32(43(28-34)39(47)50-40(3,4)5)13-11-22-41(33-15-16-33)37(45)26-30-19-24-49-25-20-30/h7-8,12,14,27,29-30,32-34H,9-11,13,15-26,28H2,1-6H3/t32-,34+/m0/s1. The summed E-state index contributed by atoms with van der Waals surface area (Å²) in [7, 11) is 1.72. The second-order valence-corrected chi connectivity index (χ2v) is 16.0. The van der Waals surface area contributed by atoms with Crippen LogP contribution in [0, 0.1) is 5.92 Å². The summed E-state index contributed by atoms with van der Waals surface area (Å²) in [6, 6.07) is 10.4. The summed E-state index contributed by atoms with van der Waals surface area (Å²) in [4.78, 5) is 47.8. The maximum absolute atomic E-state index is 14.6. The number of methoxy groups -OCH3 is 1. The first-order valence-corrected chi connectivity index (χ1v) is 19.2. The lowest BCUT2D eigenvalue weighted by Gasteiger charge is -2.45. The summed E-state index contributed by atoms with van der Waals surface area (Å²) in [6.07, 6.45) is 9.41. The molecule has 2 aromatic rings. The number of amides is 3. The van der Waals surface area contributed by atoms with E-state index in [4.69, 9.17) is 14.2 Å². The second kappa shape index (κ2) is 17.4. The molecule has 0 unspecified atom stereocenters. The third-order valence-electron chi connectivity index (χ3n) is 10.6.